The zero-order valence-electron chi connectivity index (χ0n) is 24.6. The number of rotatable bonds is 9. The summed E-state index contributed by atoms with van der Waals surface area (Å²) in [6.45, 7) is 1.77. The molecule has 1 aliphatic carbocycles. The summed E-state index contributed by atoms with van der Waals surface area (Å²) >= 11 is 9.58. The average molecular weight is 709 g/mol. The number of halogens is 3. The van der Waals surface area contributed by atoms with Gasteiger partial charge in [-0.05, 0) is 84.2 Å². The van der Waals surface area contributed by atoms with Crippen molar-refractivity contribution in [2.45, 2.75) is 45.0 Å². The first-order chi connectivity index (χ1) is 22.1. The van der Waals surface area contributed by atoms with Gasteiger partial charge in [-0.2, -0.15) is 5.26 Å². The van der Waals surface area contributed by atoms with Gasteiger partial charge in [0.05, 0.1) is 35.1 Å². The van der Waals surface area contributed by atoms with Gasteiger partial charge in [-0.1, -0.05) is 17.7 Å². The number of carbonyl (C=O) groups excluding carboxylic acids is 2. The SMILES string of the molecule is CC(NC(=O)c1c2n(c(=O)n1-c1ccc(OC3CC3)cc1)CCN(C(=O)c1ccc(Br)c(Cl)c1)C2)c1ccc(OCC#N)cc1F. The molecule has 236 valence electrons. The van der Waals surface area contributed by atoms with Crippen LogP contribution in [0.15, 0.2) is 69.9 Å². The molecule has 10 nitrogen and oxygen atoms in total. The van der Waals surface area contributed by atoms with Crippen molar-refractivity contribution in [3.63, 3.8) is 0 Å². The molecular weight excluding hydrogens is 681 g/mol. The van der Waals surface area contributed by atoms with Crippen LogP contribution >= 0.6 is 27.5 Å². The lowest BCUT2D eigenvalue weighted by atomic mass is 10.1. The van der Waals surface area contributed by atoms with Crippen molar-refractivity contribution in [1.82, 2.24) is 19.4 Å². The van der Waals surface area contributed by atoms with Crippen molar-refractivity contribution in [1.29, 1.82) is 5.26 Å². The molecule has 3 aromatic carbocycles. The van der Waals surface area contributed by atoms with Crippen LogP contribution in [0.1, 0.15) is 57.9 Å². The highest BCUT2D eigenvalue weighted by Gasteiger charge is 2.33. The highest BCUT2D eigenvalue weighted by atomic mass is 79.9. The van der Waals surface area contributed by atoms with E-state index in [1.54, 1.807) is 54.3 Å². The standard InChI is InChI=1S/C33H28BrClFN5O5/c1-19(25-10-9-24(17-28(25)36)45-15-12-37)38-31(42)30-29-18-39(32(43)20-2-11-26(34)27(35)16-20)13-14-40(29)33(44)41(30)21-3-5-22(6-4-21)46-23-7-8-23/h2-6,9-11,16-17,19,23H,7-8,13-15,18H2,1H3,(H,38,42). The molecule has 1 atom stereocenters. The Balaban J connectivity index is 1.35. The predicted molar refractivity (Wildman–Crippen MR) is 171 cm³/mol. The predicted octanol–water partition coefficient (Wildman–Crippen LogP) is 5.78. The Morgan fingerprint density at radius 3 is 2.52 bits per heavy atom. The van der Waals surface area contributed by atoms with Crippen molar-refractivity contribution < 1.29 is 23.5 Å². The second-order valence-corrected chi connectivity index (χ2v) is 12.3. The van der Waals surface area contributed by atoms with Gasteiger partial charge < -0.3 is 19.7 Å². The van der Waals surface area contributed by atoms with E-state index < -0.39 is 23.5 Å². The van der Waals surface area contributed by atoms with Crippen LogP contribution in [-0.4, -0.2) is 45.1 Å². The summed E-state index contributed by atoms with van der Waals surface area (Å²) in [6, 6.07) is 17.0. The molecular formula is C33H28BrClFN5O5. The smallest absolute Gasteiger partial charge is 0.333 e. The van der Waals surface area contributed by atoms with Gasteiger partial charge in [0.25, 0.3) is 11.8 Å². The van der Waals surface area contributed by atoms with E-state index in [9.17, 15) is 14.4 Å². The second-order valence-electron chi connectivity index (χ2n) is 11.1. The first kappa shape index (κ1) is 31.4. The van der Waals surface area contributed by atoms with E-state index >= 15 is 4.39 Å². The summed E-state index contributed by atoms with van der Waals surface area (Å²) < 4.78 is 29.5. The van der Waals surface area contributed by atoms with Gasteiger partial charge in [-0.3, -0.25) is 18.7 Å². The Morgan fingerprint density at radius 1 is 1.11 bits per heavy atom. The quantitative estimate of drug-likeness (QED) is 0.236. The minimum absolute atomic E-state index is 0.0198. The average Bonchev–Trinajstić information content (AvgIpc) is 3.82. The molecule has 2 aliphatic rings. The molecule has 0 saturated heterocycles. The Bertz CT molecular complexity index is 1930. The highest BCUT2D eigenvalue weighted by Crippen LogP contribution is 2.29. The lowest BCUT2D eigenvalue weighted by Gasteiger charge is -2.28. The number of aromatic nitrogens is 2. The fourth-order valence-electron chi connectivity index (χ4n) is 5.38. The number of amides is 2. The van der Waals surface area contributed by atoms with Crippen LogP contribution < -0.4 is 20.5 Å². The van der Waals surface area contributed by atoms with Crippen LogP contribution in [0.5, 0.6) is 11.5 Å². The van der Waals surface area contributed by atoms with Crippen molar-refractivity contribution in [3.05, 3.63) is 109 Å². The summed E-state index contributed by atoms with van der Waals surface area (Å²) in [4.78, 5) is 43.0. The zero-order valence-corrected chi connectivity index (χ0v) is 27.0. The van der Waals surface area contributed by atoms with E-state index in [1.807, 2.05) is 6.07 Å². The number of ether oxygens (including phenoxy) is 2. The van der Waals surface area contributed by atoms with Crippen LogP contribution in [0.2, 0.25) is 5.02 Å². The maximum absolute atomic E-state index is 15.0. The lowest BCUT2D eigenvalue weighted by molar-refractivity contribution is 0.0706. The van der Waals surface area contributed by atoms with Gasteiger partial charge in [0.2, 0.25) is 0 Å². The molecule has 0 spiro atoms. The number of carbonyl (C=O) groups is 2. The molecule has 46 heavy (non-hydrogen) atoms. The van der Waals surface area contributed by atoms with Gasteiger partial charge in [-0.15, -0.1) is 0 Å². The van der Waals surface area contributed by atoms with Gasteiger partial charge >= 0.3 is 5.69 Å². The molecule has 1 N–H and O–H groups in total. The Hall–Kier alpha value is -4.60. The number of nitrogens with one attached hydrogen (secondary N) is 1. The van der Waals surface area contributed by atoms with Crippen LogP contribution in [-0.2, 0) is 13.1 Å². The lowest BCUT2D eigenvalue weighted by Crippen LogP contribution is -2.41. The van der Waals surface area contributed by atoms with Crippen molar-refractivity contribution >= 4 is 39.3 Å². The molecule has 6 rings (SSSR count). The van der Waals surface area contributed by atoms with E-state index in [0.717, 1.165) is 18.9 Å². The van der Waals surface area contributed by atoms with Gasteiger partial charge in [-0.25, -0.2) is 9.18 Å². The van der Waals surface area contributed by atoms with Crippen LogP contribution in [0.4, 0.5) is 4.39 Å². The summed E-state index contributed by atoms with van der Waals surface area (Å²) in [5.41, 5.74) is 0.935. The van der Waals surface area contributed by atoms with Gasteiger partial charge in [0.1, 0.15) is 29.1 Å². The van der Waals surface area contributed by atoms with E-state index in [4.69, 9.17) is 26.3 Å². The van der Waals surface area contributed by atoms with Gasteiger partial charge in [0.15, 0.2) is 6.61 Å². The number of hydrogen-bond donors (Lipinski definition) is 1. The Morgan fingerprint density at radius 2 is 1.85 bits per heavy atom. The Labute approximate surface area is 277 Å². The monoisotopic (exact) mass is 707 g/mol. The van der Waals surface area contributed by atoms with E-state index in [1.165, 1.54) is 21.3 Å². The van der Waals surface area contributed by atoms with E-state index in [-0.39, 0.29) is 55.3 Å². The second kappa shape index (κ2) is 13.0. The van der Waals surface area contributed by atoms with E-state index in [0.29, 0.717) is 32.2 Å². The summed E-state index contributed by atoms with van der Waals surface area (Å²) in [6.07, 6.45) is 2.18. The van der Waals surface area contributed by atoms with E-state index in [2.05, 4.69) is 21.2 Å². The maximum Gasteiger partial charge on any atom is 0.333 e. The molecule has 4 aromatic rings. The number of fused-ring (bicyclic) bond motifs is 1. The number of benzene rings is 3. The molecule has 2 heterocycles. The first-order valence-corrected chi connectivity index (χ1v) is 15.8. The normalized spacial score (nSPS) is 14.6. The summed E-state index contributed by atoms with van der Waals surface area (Å²) in [7, 11) is 0. The third-order valence-corrected chi connectivity index (χ3v) is 9.09. The zero-order chi connectivity index (χ0) is 32.5. The maximum atomic E-state index is 15.0. The molecule has 2 amide bonds. The molecule has 1 saturated carbocycles. The number of nitriles is 1. The molecule has 13 heteroatoms. The fourth-order valence-corrected chi connectivity index (χ4v) is 5.80. The fraction of sp³-hybridized carbons (Fsp3) is 0.273. The summed E-state index contributed by atoms with van der Waals surface area (Å²) in [5.74, 6) is -0.714. The summed E-state index contributed by atoms with van der Waals surface area (Å²) in [5, 5.41) is 11.9. The number of imidazole rings is 1. The minimum Gasteiger partial charge on any atom is -0.490 e. The molecule has 1 aliphatic heterocycles. The topological polar surface area (TPSA) is 119 Å². The van der Waals surface area contributed by atoms with Crippen molar-refractivity contribution in [2.75, 3.05) is 13.2 Å². The van der Waals surface area contributed by atoms with Crippen molar-refractivity contribution in [2.24, 2.45) is 0 Å². The third kappa shape index (κ3) is 6.38. The molecule has 1 unspecified atom stereocenters. The van der Waals surface area contributed by atoms with Crippen LogP contribution in [0.25, 0.3) is 5.69 Å². The largest absolute Gasteiger partial charge is 0.490 e. The third-order valence-electron chi connectivity index (χ3n) is 7.86. The number of nitrogens with zero attached hydrogens (tertiary/aromatic N) is 4. The highest BCUT2D eigenvalue weighted by molar-refractivity contribution is 9.10. The van der Waals surface area contributed by atoms with Gasteiger partial charge in [0, 0.05) is 34.8 Å². The van der Waals surface area contributed by atoms with Crippen LogP contribution in [0, 0.1) is 17.1 Å². The van der Waals surface area contributed by atoms with Crippen molar-refractivity contribution in [3.8, 4) is 23.3 Å². The molecule has 0 bridgehead atoms. The number of hydrogen-bond acceptors (Lipinski definition) is 6. The molecule has 1 aromatic heterocycles. The minimum atomic E-state index is -0.808. The molecule has 0 radical (unpaired) electrons. The Kier molecular flexibility index (Phi) is 8.88. The molecule has 1 fully saturated rings. The van der Waals surface area contributed by atoms with Crippen LogP contribution in [0.3, 0.4) is 0 Å². The first-order valence-electron chi connectivity index (χ1n) is 14.6.